The number of carbonyl (C=O) groups excluding carboxylic acids is 1. The lowest BCUT2D eigenvalue weighted by Crippen LogP contribution is -2.25. The Labute approximate surface area is 90.4 Å². The molecule has 82 valence electrons. The molecule has 0 atom stereocenters. The topological polar surface area (TPSA) is 38.3 Å². The molecular formula is C12H17NO2. The van der Waals surface area contributed by atoms with Crippen LogP contribution in [0.5, 0.6) is 0 Å². The number of rotatable bonds is 4. The van der Waals surface area contributed by atoms with Crippen molar-refractivity contribution in [2.75, 3.05) is 6.61 Å². The zero-order chi connectivity index (χ0) is 11.3. The van der Waals surface area contributed by atoms with Crippen LogP contribution in [0.2, 0.25) is 0 Å². The number of hydrogen-bond acceptors (Lipinski definition) is 2. The Balaban J connectivity index is 2.47. The molecule has 1 N–H and O–H groups in total. The molecule has 0 saturated heterocycles. The highest BCUT2D eigenvalue weighted by atomic mass is 16.6. The first kappa shape index (κ1) is 11.7. The Bertz CT molecular complexity index is 334. The van der Waals surface area contributed by atoms with Crippen molar-refractivity contribution in [3.05, 3.63) is 35.4 Å². The van der Waals surface area contributed by atoms with Gasteiger partial charge in [-0.3, -0.25) is 9.63 Å². The van der Waals surface area contributed by atoms with Gasteiger partial charge in [0.1, 0.15) is 0 Å². The maximum Gasteiger partial charge on any atom is 0.274 e. The third kappa shape index (κ3) is 4.13. The molecule has 0 aliphatic heterocycles. The molecule has 0 aliphatic rings. The Hall–Kier alpha value is -1.35. The van der Waals surface area contributed by atoms with Crippen LogP contribution in [-0.4, -0.2) is 12.5 Å². The molecule has 15 heavy (non-hydrogen) atoms. The van der Waals surface area contributed by atoms with Gasteiger partial charge >= 0.3 is 0 Å². The molecule has 0 aliphatic carbocycles. The van der Waals surface area contributed by atoms with Crippen molar-refractivity contribution in [2.24, 2.45) is 5.92 Å². The van der Waals surface area contributed by atoms with Crippen LogP contribution < -0.4 is 5.48 Å². The van der Waals surface area contributed by atoms with Gasteiger partial charge in [-0.05, 0) is 25.0 Å². The number of hydrogen-bond donors (Lipinski definition) is 1. The number of nitrogens with one attached hydrogen (secondary N) is 1. The highest BCUT2D eigenvalue weighted by Crippen LogP contribution is 2.03. The molecule has 0 spiro atoms. The van der Waals surface area contributed by atoms with Crippen molar-refractivity contribution in [2.45, 2.75) is 20.8 Å². The van der Waals surface area contributed by atoms with E-state index >= 15 is 0 Å². The van der Waals surface area contributed by atoms with Crippen LogP contribution >= 0.6 is 0 Å². The minimum Gasteiger partial charge on any atom is -0.273 e. The molecule has 0 fully saturated rings. The second kappa shape index (κ2) is 5.51. The quantitative estimate of drug-likeness (QED) is 0.769. The Morgan fingerprint density at radius 3 is 2.80 bits per heavy atom. The average Bonchev–Trinajstić information content (AvgIpc) is 2.17. The van der Waals surface area contributed by atoms with Gasteiger partial charge in [-0.15, -0.1) is 0 Å². The van der Waals surface area contributed by atoms with E-state index in [1.54, 1.807) is 6.07 Å². The second-order valence-corrected chi connectivity index (χ2v) is 4.01. The first-order valence-corrected chi connectivity index (χ1v) is 5.08. The molecule has 3 nitrogen and oxygen atoms in total. The van der Waals surface area contributed by atoms with Gasteiger partial charge in [0.15, 0.2) is 0 Å². The van der Waals surface area contributed by atoms with Crippen LogP contribution in [0.1, 0.15) is 29.8 Å². The minimum atomic E-state index is -0.195. The molecule has 0 aromatic heterocycles. The molecule has 1 amide bonds. The molecular weight excluding hydrogens is 190 g/mol. The van der Waals surface area contributed by atoms with Crippen LogP contribution in [0.3, 0.4) is 0 Å². The summed E-state index contributed by atoms with van der Waals surface area (Å²) in [4.78, 5) is 16.6. The molecule has 3 heteroatoms. The summed E-state index contributed by atoms with van der Waals surface area (Å²) in [6.07, 6.45) is 0. The first-order valence-electron chi connectivity index (χ1n) is 5.08. The fourth-order valence-corrected chi connectivity index (χ4v) is 1.12. The summed E-state index contributed by atoms with van der Waals surface area (Å²) in [6.45, 7) is 6.53. The van der Waals surface area contributed by atoms with Gasteiger partial charge in [0.05, 0.1) is 6.61 Å². The summed E-state index contributed by atoms with van der Waals surface area (Å²) in [5, 5.41) is 0. The van der Waals surface area contributed by atoms with Crippen LogP contribution in [0, 0.1) is 12.8 Å². The van der Waals surface area contributed by atoms with Crippen molar-refractivity contribution in [1.82, 2.24) is 5.48 Å². The van der Waals surface area contributed by atoms with E-state index in [0.717, 1.165) is 5.56 Å². The molecule has 1 rings (SSSR count). The van der Waals surface area contributed by atoms with Crippen LogP contribution in [0.4, 0.5) is 0 Å². The summed E-state index contributed by atoms with van der Waals surface area (Å²) < 4.78 is 0. The minimum absolute atomic E-state index is 0.195. The van der Waals surface area contributed by atoms with Gasteiger partial charge in [-0.2, -0.15) is 0 Å². The van der Waals surface area contributed by atoms with Crippen molar-refractivity contribution in [3.8, 4) is 0 Å². The maximum atomic E-state index is 11.5. The lowest BCUT2D eigenvalue weighted by molar-refractivity contribution is 0.0208. The zero-order valence-corrected chi connectivity index (χ0v) is 9.41. The van der Waals surface area contributed by atoms with Crippen molar-refractivity contribution in [3.63, 3.8) is 0 Å². The average molecular weight is 207 g/mol. The van der Waals surface area contributed by atoms with E-state index in [1.807, 2.05) is 39.0 Å². The molecule has 0 saturated carbocycles. The fourth-order valence-electron chi connectivity index (χ4n) is 1.12. The van der Waals surface area contributed by atoms with Gasteiger partial charge in [-0.1, -0.05) is 31.5 Å². The summed E-state index contributed by atoms with van der Waals surface area (Å²) in [5.41, 5.74) is 4.10. The number of hydroxylamine groups is 1. The van der Waals surface area contributed by atoms with E-state index in [1.165, 1.54) is 0 Å². The third-order valence-electron chi connectivity index (χ3n) is 1.86. The number of aryl methyl sites for hydroxylation is 1. The smallest absolute Gasteiger partial charge is 0.273 e. The van der Waals surface area contributed by atoms with E-state index in [-0.39, 0.29) is 5.91 Å². The van der Waals surface area contributed by atoms with Crippen LogP contribution in [0.15, 0.2) is 24.3 Å². The SMILES string of the molecule is Cc1cccc(C(=O)NOCC(C)C)c1. The number of benzene rings is 1. The fraction of sp³-hybridized carbons (Fsp3) is 0.417. The summed E-state index contributed by atoms with van der Waals surface area (Å²) in [5.74, 6) is 0.210. The predicted molar refractivity (Wildman–Crippen MR) is 59.4 cm³/mol. The maximum absolute atomic E-state index is 11.5. The van der Waals surface area contributed by atoms with Gasteiger partial charge in [0.25, 0.3) is 5.91 Å². The van der Waals surface area contributed by atoms with Gasteiger partial charge in [-0.25, -0.2) is 5.48 Å². The summed E-state index contributed by atoms with van der Waals surface area (Å²) in [7, 11) is 0. The van der Waals surface area contributed by atoms with Gasteiger partial charge < -0.3 is 0 Å². The Morgan fingerprint density at radius 1 is 1.47 bits per heavy atom. The standard InChI is InChI=1S/C12H17NO2/c1-9(2)8-15-13-12(14)11-6-4-5-10(3)7-11/h4-7,9H,8H2,1-3H3,(H,13,14). The predicted octanol–water partition coefficient (Wildman–Crippen LogP) is 2.31. The monoisotopic (exact) mass is 207 g/mol. The highest BCUT2D eigenvalue weighted by Gasteiger charge is 2.05. The van der Waals surface area contributed by atoms with Gasteiger partial charge in [0.2, 0.25) is 0 Å². The summed E-state index contributed by atoms with van der Waals surface area (Å²) >= 11 is 0. The lowest BCUT2D eigenvalue weighted by atomic mass is 10.1. The van der Waals surface area contributed by atoms with Crippen LogP contribution in [-0.2, 0) is 4.84 Å². The number of amides is 1. The molecule has 0 bridgehead atoms. The van der Waals surface area contributed by atoms with Crippen molar-refractivity contribution < 1.29 is 9.63 Å². The molecule has 1 aromatic rings. The first-order chi connectivity index (χ1) is 7.09. The Kier molecular flexibility index (Phi) is 4.31. The second-order valence-electron chi connectivity index (χ2n) is 4.01. The van der Waals surface area contributed by atoms with E-state index in [9.17, 15) is 4.79 Å². The Morgan fingerprint density at radius 2 is 2.20 bits per heavy atom. The highest BCUT2D eigenvalue weighted by molar-refractivity contribution is 5.93. The van der Waals surface area contributed by atoms with Crippen LogP contribution in [0.25, 0.3) is 0 Å². The summed E-state index contributed by atoms with van der Waals surface area (Å²) in [6, 6.07) is 7.40. The molecule has 0 unspecified atom stereocenters. The van der Waals surface area contributed by atoms with Crippen molar-refractivity contribution in [1.29, 1.82) is 0 Å². The molecule has 0 radical (unpaired) electrons. The van der Waals surface area contributed by atoms with Crippen molar-refractivity contribution >= 4 is 5.91 Å². The molecule has 0 heterocycles. The third-order valence-corrected chi connectivity index (χ3v) is 1.86. The lowest BCUT2D eigenvalue weighted by Gasteiger charge is -2.07. The number of carbonyl (C=O) groups is 1. The van der Waals surface area contributed by atoms with E-state index in [2.05, 4.69) is 5.48 Å². The molecule has 1 aromatic carbocycles. The van der Waals surface area contributed by atoms with E-state index < -0.39 is 0 Å². The van der Waals surface area contributed by atoms with E-state index in [4.69, 9.17) is 4.84 Å². The van der Waals surface area contributed by atoms with E-state index in [0.29, 0.717) is 18.1 Å². The van der Waals surface area contributed by atoms with Gasteiger partial charge in [0, 0.05) is 5.56 Å². The zero-order valence-electron chi connectivity index (χ0n) is 9.41. The normalized spacial score (nSPS) is 10.4. The largest absolute Gasteiger partial charge is 0.274 e.